The van der Waals surface area contributed by atoms with Gasteiger partial charge < -0.3 is 20.1 Å². The number of aliphatic carboxylic acids is 1. The predicted molar refractivity (Wildman–Crippen MR) is 63.7 cm³/mol. The lowest BCUT2D eigenvalue weighted by Crippen LogP contribution is -2.96. The first-order valence-electron chi connectivity index (χ1n) is 6.61. The van der Waals surface area contributed by atoms with E-state index in [2.05, 4.69) is 5.32 Å². The summed E-state index contributed by atoms with van der Waals surface area (Å²) in [5.74, 6) is -1.19. The van der Waals surface area contributed by atoms with Crippen molar-refractivity contribution in [2.24, 2.45) is 10.8 Å². The Kier molecular flexibility index (Phi) is 3.38. The number of likely N-dealkylation sites (tertiary alicyclic amines) is 1. The monoisotopic (exact) mass is 268 g/mol. The fourth-order valence-electron chi connectivity index (χ4n) is 3.34. The van der Waals surface area contributed by atoms with E-state index in [0.29, 0.717) is 26.2 Å². The second-order valence-electron chi connectivity index (χ2n) is 6.27. The molecule has 0 aliphatic carbocycles. The van der Waals surface area contributed by atoms with Crippen LogP contribution in [0.15, 0.2) is 0 Å². The van der Waals surface area contributed by atoms with Crippen LogP contribution in [0.1, 0.15) is 26.7 Å². The van der Waals surface area contributed by atoms with Crippen LogP contribution in [0, 0.1) is 10.8 Å². The first-order valence-corrected chi connectivity index (χ1v) is 6.61. The summed E-state index contributed by atoms with van der Waals surface area (Å²) in [4.78, 5) is 36.5. The lowest BCUT2D eigenvalue weighted by Gasteiger charge is -2.49. The summed E-state index contributed by atoms with van der Waals surface area (Å²) in [5.41, 5.74) is -1.02. The number of carboxylic acids is 1. The number of carboxylic acid groups (broad SMARTS) is 1. The summed E-state index contributed by atoms with van der Waals surface area (Å²) < 4.78 is 0. The van der Waals surface area contributed by atoms with Crippen LogP contribution in [0.3, 0.4) is 0 Å². The topological polar surface area (TPSA) is 94.1 Å². The number of nitrogens with two attached hydrogens (primary N) is 1. The van der Waals surface area contributed by atoms with Gasteiger partial charge in [-0.3, -0.25) is 9.59 Å². The van der Waals surface area contributed by atoms with Gasteiger partial charge in [0.15, 0.2) is 5.78 Å². The molecule has 0 aromatic rings. The number of carbonyl (C=O) groups excluding carboxylic acids is 3. The van der Waals surface area contributed by atoms with Crippen molar-refractivity contribution in [1.82, 2.24) is 4.90 Å². The van der Waals surface area contributed by atoms with Gasteiger partial charge in [-0.15, -0.1) is 0 Å². The molecule has 0 unspecified atom stereocenters. The van der Waals surface area contributed by atoms with Crippen molar-refractivity contribution in [2.45, 2.75) is 26.7 Å². The first kappa shape index (κ1) is 14.0. The number of amides is 1. The fraction of sp³-hybridized carbons (Fsp3) is 0.769. The molecule has 0 aromatic carbocycles. The first-order chi connectivity index (χ1) is 8.77. The zero-order valence-electron chi connectivity index (χ0n) is 11.4. The Morgan fingerprint density at radius 1 is 1.21 bits per heavy atom. The van der Waals surface area contributed by atoms with E-state index >= 15 is 0 Å². The molecule has 6 heteroatoms. The Labute approximate surface area is 112 Å². The summed E-state index contributed by atoms with van der Waals surface area (Å²) in [6.45, 7) is 5.94. The molecule has 2 bridgehead atoms. The van der Waals surface area contributed by atoms with Gasteiger partial charge in [-0.05, 0) is 20.3 Å². The van der Waals surface area contributed by atoms with E-state index < -0.39 is 16.8 Å². The highest BCUT2D eigenvalue weighted by atomic mass is 16.4. The summed E-state index contributed by atoms with van der Waals surface area (Å²) >= 11 is 0. The lowest BCUT2D eigenvalue weighted by molar-refractivity contribution is -0.681. The van der Waals surface area contributed by atoms with Gasteiger partial charge in [-0.2, -0.15) is 0 Å². The number of Topliss-reactive ketones (excluding diaryl/α,β-unsaturated/α-hetero) is 1. The molecule has 19 heavy (non-hydrogen) atoms. The van der Waals surface area contributed by atoms with E-state index in [-0.39, 0.29) is 24.5 Å². The maximum atomic E-state index is 12.4. The SMILES string of the molecule is C[C@]12C[NH2+]C[C@](C)(CN(C(=O)CCC(=O)[O-])C1)C2=O. The molecule has 2 atom stereocenters. The molecular weight excluding hydrogens is 248 g/mol. The number of fused-ring (bicyclic) bond motifs is 2. The van der Waals surface area contributed by atoms with Crippen LogP contribution in [0.2, 0.25) is 0 Å². The Bertz CT molecular complexity index is 414. The lowest BCUT2D eigenvalue weighted by atomic mass is 9.65. The summed E-state index contributed by atoms with van der Waals surface area (Å²) in [6, 6.07) is 0. The molecule has 2 rings (SSSR count). The highest BCUT2D eigenvalue weighted by molar-refractivity contribution is 5.93. The van der Waals surface area contributed by atoms with Crippen molar-refractivity contribution >= 4 is 17.7 Å². The predicted octanol–water partition coefficient (Wildman–Crippen LogP) is -2.48. The minimum Gasteiger partial charge on any atom is -0.550 e. The van der Waals surface area contributed by atoms with Crippen molar-refractivity contribution in [2.75, 3.05) is 26.2 Å². The van der Waals surface area contributed by atoms with E-state index in [1.807, 2.05) is 13.8 Å². The smallest absolute Gasteiger partial charge is 0.223 e. The van der Waals surface area contributed by atoms with Crippen LogP contribution >= 0.6 is 0 Å². The van der Waals surface area contributed by atoms with Gasteiger partial charge in [-0.25, -0.2) is 0 Å². The maximum absolute atomic E-state index is 12.4. The van der Waals surface area contributed by atoms with Crippen LogP contribution in [0.5, 0.6) is 0 Å². The average molecular weight is 268 g/mol. The Hall–Kier alpha value is -1.43. The number of rotatable bonds is 3. The number of nitrogens with zero attached hydrogens (tertiary/aromatic N) is 1. The van der Waals surface area contributed by atoms with E-state index in [1.165, 1.54) is 0 Å². The van der Waals surface area contributed by atoms with Crippen molar-refractivity contribution in [3.8, 4) is 0 Å². The van der Waals surface area contributed by atoms with E-state index in [9.17, 15) is 19.5 Å². The Morgan fingerprint density at radius 3 is 2.21 bits per heavy atom. The normalized spacial score (nSPS) is 34.2. The Balaban J connectivity index is 2.11. The molecule has 2 aliphatic rings. The van der Waals surface area contributed by atoms with Gasteiger partial charge >= 0.3 is 0 Å². The van der Waals surface area contributed by atoms with Gasteiger partial charge in [0.2, 0.25) is 5.91 Å². The molecule has 0 spiro atoms. The molecule has 2 fully saturated rings. The quantitative estimate of drug-likeness (QED) is 0.613. The molecule has 0 aromatic heterocycles. The molecule has 2 saturated heterocycles. The third-order valence-electron chi connectivity index (χ3n) is 4.26. The number of quaternary nitrogens is 1. The van der Waals surface area contributed by atoms with Crippen LogP contribution in [0.4, 0.5) is 0 Å². The standard InChI is InChI=1S/C13H20N2O4/c1-12-5-14-6-13(2,11(12)19)8-15(7-12)9(16)3-4-10(17)18/h14H,3-8H2,1-2H3,(H,17,18)/t12-,13+. The summed E-state index contributed by atoms with van der Waals surface area (Å²) in [6.07, 6.45) is -0.310. The second kappa shape index (κ2) is 4.59. The van der Waals surface area contributed by atoms with E-state index in [1.54, 1.807) is 4.90 Å². The summed E-state index contributed by atoms with van der Waals surface area (Å²) in [7, 11) is 0. The van der Waals surface area contributed by atoms with Crippen molar-refractivity contribution in [3.63, 3.8) is 0 Å². The molecule has 2 N–H and O–H groups in total. The largest absolute Gasteiger partial charge is 0.550 e. The number of ketones is 1. The molecule has 6 nitrogen and oxygen atoms in total. The fourth-order valence-corrected chi connectivity index (χ4v) is 3.34. The van der Waals surface area contributed by atoms with E-state index in [4.69, 9.17) is 0 Å². The third-order valence-corrected chi connectivity index (χ3v) is 4.26. The van der Waals surface area contributed by atoms with Gasteiger partial charge in [0, 0.05) is 25.5 Å². The zero-order chi connectivity index (χ0) is 14.3. The van der Waals surface area contributed by atoms with Gasteiger partial charge in [0.25, 0.3) is 0 Å². The van der Waals surface area contributed by atoms with Crippen LogP contribution in [-0.4, -0.2) is 48.7 Å². The van der Waals surface area contributed by atoms with Gasteiger partial charge in [0.05, 0.1) is 23.9 Å². The van der Waals surface area contributed by atoms with E-state index in [0.717, 1.165) is 0 Å². The molecule has 1 amide bonds. The Morgan fingerprint density at radius 2 is 1.74 bits per heavy atom. The van der Waals surface area contributed by atoms with Crippen molar-refractivity contribution < 1.29 is 24.8 Å². The molecule has 106 valence electrons. The number of piperidine rings is 2. The van der Waals surface area contributed by atoms with Crippen molar-refractivity contribution in [1.29, 1.82) is 0 Å². The zero-order valence-corrected chi connectivity index (χ0v) is 11.4. The minimum absolute atomic E-state index is 0.0492. The average Bonchev–Trinajstić information content (AvgIpc) is 2.30. The van der Waals surface area contributed by atoms with Crippen LogP contribution in [-0.2, 0) is 14.4 Å². The van der Waals surface area contributed by atoms with Crippen LogP contribution in [0.25, 0.3) is 0 Å². The highest BCUT2D eigenvalue weighted by Crippen LogP contribution is 2.37. The third kappa shape index (κ3) is 2.49. The molecule has 0 radical (unpaired) electrons. The molecular formula is C13H20N2O4. The minimum atomic E-state index is -1.22. The molecule has 2 aliphatic heterocycles. The number of hydrogen-bond donors (Lipinski definition) is 1. The van der Waals surface area contributed by atoms with Gasteiger partial charge in [0.1, 0.15) is 0 Å². The van der Waals surface area contributed by atoms with Gasteiger partial charge in [-0.1, -0.05) is 0 Å². The van der Waals surface area contributed by atoms with Crippen LogP contribution < -0.4 is 10.4 Å². The molecule has 2 heterocycles. The number of hydrogen-bond acceptors (Lipinski definition) is 4. The van der Waals surface area contributed by atoms with Crippen molar-refractivity contribution in [3.05, 3.63) is 0 Å². The molecule has 0 saturated carbocycles. The maximum Gasteiger partial charge on any atom is 0.223 e. The highest BCUT2D eigenvalue weighted by Gasteiger charge is 2.56. The summed E-state index contributed by atoms with van der Waals surface area (Å²) in [5, 5.41) is 12.5. The number of carbonyl (C=O) groups is 3. The second-order valence-corrected chi connectivity index (χ2v) is 6.27.